The fourth-order valence-corrected chi connectivity index (χ4v) is 2.85. The number of benzene rings is 1. The molecule has 0 unspecified atom stereocenters. The van der Waals surface area contributed by atoms with Crippen LogP contribution in [0.1, 0.15) is 37.0 Å². The molecule has 2 N–H and O–H groups in total. The van der Waals surface area contributed by atoms with Gasteiger partial charge >= 0.3 is 6.03 Å². The van der Waals surface area contributed by atoms with Gasteiger partial charge in [-0.25, -0.2) is 4.79 Å². The molecule has 1 aliphatic heterocycles. The maximum Gasteiger partial charge on any atom is 0.319 e. The van der Waals surface area contributed by atoms with E-state index in [1.807, 2.05) is 18.7 Å². The highest BCUT2D eigenvalue weighted by atomic mass is 16.2. The molecule has 1 aromatic rings. The molecule has 25 heavy (non-hydrogen) atoms. The molecule has 0 spiro atoms. The number of hydrogen-bond acceptors (Lipinski definition) is 3. The zero-order chi connectivity index (χ0) is 18.2. The van der Waals surface area contributed by atoms with Crippen LogP contribution in [-0.2, 0) is 4.79 Å². The Hall–Kier alpha value is -2.57. The third-order valence-corrected chi connectivity index (χ3v) is 4.28. The lowest BCUT2D eigenvalue weighted by molar-refractivity contribution is -0.129. The number of likely N-dealkylation sites (tertiary alicyclic amines) is 1. The van der Waals surface area contributed by atoms with Crippen molar-refractivity contribution >= 4 is 23.5 Å². The van der Waals surface area contributed by atoms with E-state index in [2.05, 4.69) is 10.6 Å². The summed E-state index contributed by atoms with van der Waals surface area (Å²) in [7, 11) is 0. The van der Waals surface area contributed by atoms with Gasteiger partial charge in [0.25, 0.3) is 5.91 Å². The van der Waals surface area contributed by atoms with Crippen LogP contribution in [0.15, 0.2) is 24.3 Å². The van der Waals surface area contributed by atoms with E-state index in [0.29, 0.717) is 24.3 Å². The fourth-order valence-electron chi connectivity index (χ4n) is 2.85. The number of likely N-dealkylation sites (N-methyl/N-ethyl adjacent to an activating group) is 1. The van der Waals surface area contributed by atoms with Gasteiger partial charge in [-0.3, -0.25) is 9.59 Å². The molecule has 0 bridgehead atoms. The first-order valence-electron chi connectivity index (χ1n) is 8.77. The van der Waals surface area contributed by atoms with E-state index in [1.165, 1.54) is 0 Å². The van der Waals surface area contributed by atoms with Crippen molar-refractivity contribution in [1.82, 2.24) is 15.1 Å². The molecule has 7 nitrogen and oxygen atoms in total. The minimum Gasteiger partial charge on any atom is -0.342 e. The summed E-state index contributed by atoms with van der Waals surface area (Å²) in [4.78, 5) is 39.7. The van der Waals surface area contributed by atoms with Gasteiger partial charge < -0.3 is 20.4 Å². The van der Waals surface area contributed by atoms with Crippen LogP contribution in [0.4, 0.5) is 10.5 Å². The summed E-state index contributed by atoms with van der Waals surface area (Å²) in [6.07, 6.45) is 2.07. The molecule has 0 aliphatic carbocycles. The standard InChI is InChI=1S/C18H26N4O3/c1-3-21(4-2)16(23)13-19-18(25)20-15-9-7-8-14(12-15)17(24)22-10-5-6-11-22/h7-9,12H,3-6,10-11,13H2,1-2H3,(H2,19,20,25). The molecule has 1 heterocycles. The second-order valence-electron chi connectivity index (χ2n) is 5.95. The summed E-state index contributed by atoms with van der Waals surface area (Å²) in [5.41, 5.74) is 1.08. The summed E-state index contributed by atoms with van der Waals surface area (Å²) in [6.45, 7) is 6.52. The Morgan fingerprint density at radius 2 is 1.80 bits per heavy atom. The van der Waals surface area contributed by atoms with E-state index < -0.39 is 6.03 Å². The Kier molecular flexibility index (Phi) is 6.80. The number of carbonyl (C=O) groups excluding carboxylic acids is 3. The highest BCUT2D eigenvalue weighted by molar-refractivity contribution is 5.97. The van der Waals surface area contributed by atoms with Gasteiger partial charge in [0, 0.05) is 37.4 Å². The van der Waals surface area contributed by atoms with Crippen molar-refractivity contribution in [3.05, 3.63) is 29.8 Å². The summed E-state index contributed by atoms with van der Waals surface area (Å²) in [5, 5.41) is 5.21. The fraction of sp³-hybridized carbons (Fsp3) is 0.500. The summed E-state index contributed by atoms with van der Waals surface area (Å²) in [5.74, 6) is -0.142. The first-order chi connectivity index (χ1) is 12.0. The van der Waals surface area contributed by atoms with Crippen LogP contribution in [0.25, 0.3) is 0 Å². The van der Waals surface area contributed by atoms with Crippen molar-refractivity contribution < 1.29 is 14.4 Å². The highest BCUT2D eigenvalue weighted by Gasteiger charge is 2.19. The third kappa shape index (κ3) is 5.20. The van der Waals surface area contributed by atoms with Crippen molar-refractivity contribution in [2.24, 2.45) is 0 Å². The van der Waals surface area contributed by atoms with Crippen LogP contribution in [0.5, 0.6) is 0 Å². The van der Waals surface area contributed by atoms with Crippen molar-refractivity contribution in [2.75, 3.05) is 38.0 Å². The van der Waals surface area contributed by atoms with Crippen LogP contribution < -0.4 is 10.6 Å². The zero-order valence-electron chi connectivity index (χ0n) is 14.9. The molecule has 2 rings (SSSR count). The van der Waals surface area contributed by atoms with Gasteiger partial charge in [-0.2, -0.15) is 0 Å². The lowest BCUT2D eigenvalue weighted by Crippen LogP contribution is -2.41. The zero-order valence-corrected chi connectivity index (χ0v) is 14.9. The number of anilines is 1. The molecule has 136 valence electrons. The van der Waals surface area contributed by atoms with Gasteiger partial charge in [0.15, 0.2) is 0 Å². The quantitative estimate of drug-likeness (QED) is 0.825. The van der Waals surface area contributed by atoms with Gasteiger partial charge in [0.2, 0.25) is 5.91 Å². The number of nitrogens with zero attached hydrogens (tertiary/aromatic N) is 2. The molecule has 0 radical (unpaired) electrons. The number of hydrogen-bond donors (Lipinski definition) is 2. The predicted octanol–water partition coefficient (Wildman–Crippen LogP) is 1.91. The summed E-state index contributed by atoms with van der Waals surface area (Å²) < 4.78 is 0. The van der Waals surface area contributed by atoms with Gasteiger partial charge in [0.05, 0.1) is 6.54 Å². The summed E-state index contributed by atoms with van der Waals surface area (Å²) in [6, 6.07) is 6.39. The molecule has 7 heteroatoms. The van der Waals surface area contributed by atoms with Crippen molar-refractivity contribution in [2.45, 2.75) is 26.7 Å². The topological polar surface area (TPSA) is 81.8 Å². The van der Waals surface area contributed by atoms with Gasteiger partial charge in [-0.1, -0.05) is 6.07 Å². The molecule has 4 amide bonds. The Balaban J connectivity index is 1.89. The van der Waals surface area contributed by atoms with Crippen molar-refractivity contribution in [3.8, 4) is 0 Å². The molecule has 0 aromatic heterocycles. The Bertz CT molecular complexity index is 623. The molecule has 1 aliphatic rings. The van der Waals surface area contributed by atoms with Gasteiger partial charge in [0.1, 0.15) is 0 Å². The van der Waals surface area contributed by atoms with Crippen molar-refractivity contribution in [3.63, 3.8) is 0 Å². The molecular formula is C18H26N4O3. The lowest BCUT2D eigenvalue weighted by atomic mass is 10.2. The molecule has 1 saturated heterocycles. The number of rotatable bonds is 6. The molecular weight excluding hydrogens is 320 g/mol. The van der Waals surface area contributed by atoms with Gasteiger partial charge in [-0.15, -0.1) is 0 Å². The number of nitrogens with one attached hydrogen (secondary N) is 2. The smallest absolute Gasteiger partial charge is 0.319 e. The minimum atomic E-state index is -0.466. The summed E-state index contributed by atoms with van der Waals surface area (Å²) >= 11 is 0. The third-order valence-electron chi connectivity index (χ3n) is 4.28. The van der Waals surface area contributed by atoms with Crippen molar-refractivity contribution in [1.29, 1.82) is 0 Å². The minimum absolute atomic E-state index is 0.0155. The Morgan fingerprint density at radius 1 is 1.12 bits per heavy atom. The van der Waals surface area contributed by atoms with Gasteiger partial charge in [-0.05, 0) is 44.9 Å². The SMILES string of the molecule is CCN(CC)C(=O)CNC(=O)Nc1cccc(C(=O)N2CCCC2)c1. The molecule has 0 saturated carbocycles. The maximum atomic E-state index is 12.4. The van der Waals surface area contributed by atoms with E-state index in [0.717, 1.165) is 25.9 Å². The monoisotopic (exact) mass is 346 g/mol. The van der Waals surface area contributed by atoms with E-state index in [-0.39, 0.29) is 18.4 Å². The average Bonchev–Trinajstić information content (AvgIpc) is 3.15. The molecule has 1 aromatic carbocycles. The Morgan fingerprint density at radius 3 is 2.44 bits per heavy atom. The van der Waals surface area contributed by atoms with Crippen LogP contribution in [0.3, 0.4) is 0 Å². The second-order valence-corrected chi connectivity index (χ2v) is 5.95. The average molecular weight is 346 g/mol. The second kappa shape index (κ2) is 9.05. The van der Waals surface area contributed by atoms with E-state index in [1.54, 1.807) is 29.2 Å². The van der Waals surface area contributed by atoms with Crippen LogP contribution >= 0.6 is 0 Å². The first-order valence-corrected chi connectivity index (χ1v) is 8.77. The van der Waals surface area contributed by atoms with E-state index in [4.69, 9.17) is 0 Å². The molecule has 1 fully saturated rings. The van der Waals surface area contributed by atoms with E-state index >= 15 is 0 Å². The Labute approximate surface area is 148 Å². The van der Waals surface area contributed by atoms with E-state index in [9.17, 15) is 14.4 Å². The van der Waals surface area contributed by atoms with Crippen LogP contribution in [0.2, 0.25) is 0 Å². The number of amides is 4. The first kappa shape index (κ1) is 18.8. The largest absolute Gasteiger partial charge is 0.342 e. The highest BCUT2D eigenvalue weighted by Crippen LogP contribution is 2.16. The molecule has 0 atom stereocenters. The normalized spacial score (nSPS) is 13.4. The number of urea groups is 1. The maximum absolute atomic E-state index is 12.4. The van der Waals surface area contributed by atoms with Crippen LogP contribution in [0, 0.1) is 0 Å². The predicted molar refractivity (Wildman–Crippen MR) is 96.5 cm³/mol. The van der Waals surface area contributed by atoms with Crippen LogP contribution in [-0.4, -0.2) is 60.4 Å². The number of carbonyl (C=O) groups is 3. The lowest BCUT2D eigenvalue weighted by Gasteiger charge is -2.19.